The standard InChI is InChI=1S/C12H17NOS/c1-12(2,3)15(14)13-10-9-11-7-5-4-6-8-11/h4-8,10H,9H2,1-3H3/b13-10+. The van der Waals surface area contributed by atoms with Crippen LogP contribution in [0.15, 0.2) is 34.7 Å². The largest absolute Gasteiger partial charge is 0.591 e. The predicted octanol–water partition coefficient (Wildman–Crippen LogP) is 2.76. The van der Waals surface area contributed by atoms with Crippen molar-refractivity contribution in [2.24, 2.45) is 4.40 Å². The molecule has 0 aliphatic heterocycles. The van der Waals surface area contributed by atoms with Gasteiger partial charge in [-0.2, -0.15) is 0 Å². The van der Waals surface area contributed by atoms with Gasteiger partial charge >= 0.3 is 0 Å². The third-order valence-electron chi connectivity index (χ3n) is 1.86. The molecular weight excluding hydrogens is 206 g/mol. The Morgan fingerprint density at radius 3 is 2.40 bits per heavy atom. The number of benzene rings is 1. The Balaban J connectivity index is 2.47. The summed E-state index contributed by atoms with van der Waals surface area (Å²) in [6.45, 7) is 5.76. The minimum absolute atomic E-state index is 0.271. The molecule has 0 aliphatic carbocycles. The van der Waals surface area contributed by atoms with Crippen molar-refractivity contribution in [3.8, 4) is 0 Å². The maximum absolute atomic E-state index is 11.6. The van der Waals surface area contributed by atoms with Crippen LogP contribution >= 0.6 is 0 Å². The molecule has 0 bridgehead atoms. The van der Waals surface area contributed by atoms with Gasteiger partial charge in [0.25, 0.3) is 0 Å². The molecule has 1 aromatic rings. The number of hydrogen-bond acceptors (Lipinski definition) is 2. The zero-order valence-corrected chi connectivity index (χ0v) is 10.3. The smallest absolute Gasteiger partial charge is 0.144 e. The second-order valence-electron chi connectivity index (χ2n) is 4.34. The molecule has 0 aliphatic rings. The Hall–Kier alpha value is -0.800. The van der Waals surface area contributed by atoms with Crippen LogP contribution in [-0.4, -0.2) is 15.5 Å². The third-order valence-corrected chi connectivity index (χ3v) is 3.25. The van der Waals surface area contributed by atoms with Crippen LogP contribution in [0.5, 0.6) is 0 Å². The van der Waals surface area contributed by atoms with E-state index in [1.165, 1.54) is 5.56 Å². The first-order valence-electron chi connectivity index (χ1n) is 4.98. The molecule has 15 heavy (non-hydrogen) atoms. The first-order valence-corrected chi connectivity index (χ1v) is 6.09. The molecule has 0 saturated carbocycles. The van der Waals surface area contributed by atoms with Crippen molar-refractivity contribution in [3.05, 3.63) is 35.9 Å². The zero-order valence-electron chi connectivity index (χ0n) is 9.43. The average molecular weight is 223 g/mol. The van der Waals surface area contributed by atoms with E-state index in [0.29, 0.717) is 0 Å². The van der Waals surface area contributed by atoms with Gasteiger partial charge in [-0.15, -0.1) is 0 Å². The summed E-state index contributed by atoms with van der Waals surface area (Å²) in [4.78, 5) is 0. The predicted molar refractivity (Wildman–Crippen MR) is 66.5 cm³/mol. The highest BCUT2D eigenvalue weighted by Gasteiger charge is 2.25. The van der Waals surface area contributed by atoms with E-state index in [0.717, 1.165) is 6.42 Å². The lowest BCUT2D eigenvalue weighted by molar-refractivity contribution is 0.561. The second kappa shape index (κ2) is 5.33. The lowest BCUT2D eigenvalue weighted by atomic mass is 10.2. The van der Waals surface area contributed by atoms with Crippen molar-refractivity contribution < 1.29 is 4.55 Å². The zero-order chi connectivity index (χ0) is 11.3. The molecule has 0 fully saturated rings. The maximum Gasteiger partial charge on any atom is 0.144 e. The summed E-state index contributed by atoms with van der Waals surface area (Å²) < 4.78 is 15.3. The molecule has 0 spiro atoms. The van der Waals surface area contributed by atoms with Crippen LogP contribution < -0.4 is 0 Å². The van der Waals surface area contributed by atoms with E-state index in [9.17, 15) is 4.55 Å². The topological polar surface area (TPSA) is 35.4 Å². The number of hydrogen-bond donors (Lipinski definition) is 0. The van der Waals surface area contributed by atoms with Crippen LogP contribution in [-0.2, 0) is 17.8 Å². The van der Waals surface area contributed by atoms with Gasteiger partial charge < -0.3 is 4.55 Å². The van der Waals surface area contributed by atoms with Crippen molar-refractivity contribution >= 4 is 17.6 Å². The van der Waals surface area contributed by atoms with Crippen molar-refractivity contribution in [1.82, 2.24) is 0 Å². The fraction of sp³-hybridized carbons (Fsp3) is 0.417. The molecule has 1 unspecified atom stereocenters. The Morgan fingerprint density at radius 1 is 1.27 bits per heavy atom. The van der Waals surface area contributed by atoms with Crippen molar-refractivity contribution in [2.45, 2.75) is 31.9 Å². The van der Waals surface area contributed by atoms with E-state index >= 15 is 0 Å². The normalized spacial score (nSPS) is 14.4. The minimum Gasteiger partial charge on any atom is -0.591 e. The van der Waals surface area contributed by atoms with E-state index < -0.39 is 11.4 Å². The molecule has 0 N–H and O–H groups in total. The van der Waals surface area contributed by atoms with Crippen molar-refractivity contribution in [3.63, 3.8) is 0 Å². The van der Waals surface area contributed by atoms with Gasteiger partial charge in [0.15, 0.2) is 0 Å². The highest BCUT2D eigenvalue weighted by atomic mass is 32.2. The molecule has 0 amide bonds. The molecule has 0 saturated heterocycles. The Kier molecular flexibility index (Phi) is 4.36. The molecule has 1 atom stereocenters. The summed E-state index contributed by atoms with van der Waals surface area (Å²) in [5.41, 5.74) is 1.19. The summed E-state index contributed by atoms with van der Waals surface area (Å²) in [7, 11) is 0. The third kappa shape index (κ3) is 4.49. The van der Waals surface area contributed by atoms with Crippen LogP contribution in [0.25, 0.3) is 0 Å². The molecule has 0 heterocycles. The van der Waals surface area contributed by atoms with E-state index in [1.54, 1.807) is 6.21 Å². The molecule has 1 rings (SSSR count). The van der Waals surface area contributed by atoms with Gasteiger partial charge in [0.2, 0.25) is 0 Å². The SMILES string of the molecule is CC(C)(C)[S+]([O-])/N=C/Cc1ccccc1. The second-order valence-corrected chi connectivity index (χ2v) is 6.27. The number of nitrogens with zero attached hydrogens (tertiary/aromatic N) is 1. The van der Waals surface area contributed by atoms with Gasteiger partial charge in [-0.1, -0.05) is 34.7 Å². The number of rotatable bonds is 3. The monoisotopic (exact) mass is 223 g/mol. The Labute approximate surface area is 94.7 Å². The van der Waals surface area contributed by atoms with Gasteiger partial charge in [-0.3, -0.25) is 0 Å². The molecule has 0 radical (unpaired) electrons. The van der Waals surface area contributed by atoms with Crippen LogP contribution in [0.1, 0.15) is 26.3 Å². The molecule has 2 nitrogen and oxygen atoms in total. The van der Waals surface area contributed by atoms with E-state index in [-0.39, 0.29) is 4.75 Å². The lowest BCUT2D eigenvalue weighted by Crippen LogP contribution is -2.25. The lowest BCUT2D eigenvalue weighted by Gasteiger charge is -2.17. The van der Waals surface area contributed by atoms with Crippen LogP contribution in [0.3, 0.4) is 0 Å². The molecule has 82 valence electrons. The van der Waals surface area contributed by atoms with Crippen LogP contribution in [0.4, 0.5) is 0 Å². The average Bonchev–Trinajstić information content (AvgIpc) is 2.18. The fourth-order valence-corrected chi connectivity index (χ4v) is 1.51. The molecule has 3 heteroatoms. The van der Waals surface area contributed by atoms with Gasteiger partial charge in [-0.25, -0.2) is 0 Å². The van der Waals surface area contributed by atoms with Crippen LogP contribution in [0, 0.1) is 0 Å². The fourth-order valence-electron chi connectivity index (χ4n) is 0.983. The van der Waals surface area contributed by atoms with Crippen LogP contribution in [0.2, 0.25) is 0 Å². The van der Waals surface area contributed by atoms with E-state index in [4.69, 9.17) is 0 Å². The highest BCUT2D eigenvalue weighted by molar-refractivity contribution is 7.91. The summed E-state index contributed by atoms with van der Waals surface area (Å²) >= 11 is -1.14. The van der Waals surface area contributed by atoms with Gasteiger partial charge in [-0.05, 0) is 26.3 Å². The van der Waals surface area contributed by atoms with E-state index in [1.807, 2.05) is 51.1 Å². The first-order chi connectivity index (χ1) is 7.00. The van der Waals surface area contributed by atoms with Crippen molar-refractivity contribution in [2.75, 3.05) is 0 Å². The first kappa shape index (κ1) is 12.3. The summed E-state index contributed by atoms with van der Waals surface area (Å²) in [5, 5.41) is 0. The summed E-state index contributed by atoms with van der Waals surface area (Å²) in [5.74, 6) is 0. The summed E-state index contributed by atoms with van der Waals surface area (Å²) in [6, 6.07) is 10.0. The molecule has 1 aromatic carbocycles. The Bertz CT molecular complexity index is 316. The quantitative estimate of drug-likeness (QED) is 0.573. The van der Waals surface area contributed by atoms with E-state index in [2.05, 4.69) is 4.40 Å². The Morgan fingerprint density at radius 2 is 1.87 bits per heavy atom. The van der Waals surface area contributed by atoms with Gasteiger partial charge in [0.1, 0.15) is 16.1 Å². The highest BCUT2D eigenvalue weighted by Crippen LogP contribution is 2.16. The minimum atomic E-state index is -1.14. The maximum atomic E-state index is 11.6. The summed E-state index contributed by atoms with van der Waals surface area (Å²) in [6.07, 6.45) is 2.47. The molecule has 0 aromatic heterocycles. The van der Waals surface area contributed by atoms with Gasteiger partial charge in [0.05, 0.1) is 6.21 Å². The van der Waals surface area contributed by atoms with Crippen molar-refractivity contribution in [1.29, 1.82) is 0 Å². The molecular formula is C12H17NOS. The van der Waals surface area contributed by atoms with Gasteiger partial charge in [0, 0.05) is 6.42 Å².